The Bertz CT molecular complexity index is 974. The molecule has 0 bridgehead atoms. The molecule has 5 rings (SSSR count). The fourth-order valence-corrected chi connectivity index (χ4v) is 4.21. The summed E-state index contributed by atoms with van der Waals surface area (Å²) in [4.78, 5) is 31.1. The number of benzene rings is 1. The Morgan fingerprint density at radius 1 is 1.15 bits per heavy atom. The predicted molar refractivity (Wildman–Crippen MR) is 97.6 cm³/mol. The van der Waals surface area contributed by atoms with E-state index >= 15 is 0 Å². The quantitative estimate of drug-likeness (QED) is 0.735. The fourth-order valence-electron chi connectivity index (χ4n) is 3.69. The van der Waals surface area contributed by atoms with Crippen molar-refractivity contribution in [3.63, 3.8) is 0 Å². The number of hydrogen-bond donors (Lipinski definition) is 1. The average Bonchev–Trinajstić information content (AvgIpc) is 3.26. The monoisotopic (exact) mass is 380 g/mol. The van der Waals surface area contributed by atoms with Gasteiger partial charge in [0.1, 0.15) is 4.88 Å². The molecule has 3 atom stereocenters. The van der Waals surface area contributed by atoms with Gasteiger partial charge in [-0.15, -0.1) is 16.4 Å². The number of likely N-dealkylation sites (tertiary alicyclic amines) is 1. The summed E-state index contributed by atoms with van der Waals surface area (Å²) in [5.41, 5.74) is 2.84. The second-order valence-electron chi connectivity index (χ2n) is 6.79. The highest BCUT2D eigenvalue weighted by molar-refractivity contribution is 7.11. The molecule has 1 aromatic carbocycles. The lowest BCUT2D eigenvalue weighted by Crippen LogP contribution is -2.37. The van der Waals surface area contributed by atoms with Crippen LogP contribution < -0.4 is 5.32 Å². The first kappa shape index (κ1) is 16.1. The van der Waals surface area contributed by atoms with E-state index in [1.807, 2.05) is 30.3 Å². The lowest BCUT2D eigenvalue weighted by Gasteiger charge is -2.18. The molecule has 1 saturated carbocycles. The van der Waals surface area contributed by atoms with E-state index in [0.29, 0.717) is 35.5 Å². The standard InChI is InChI=1S/C18H16N6O2S/c25-17(15-6-19-10-27-15)20-16-12-7-23(8-13(12)16)18(26)14-9-24(22-21-14)11-4-2-1-3-5-11/h1-6,9-10,12-13,16H,7-8H2,(H,20,25)/t12-,13+,16?. The van der Waals surface area contributed by atoms with Gasteiger partial charge in [-0.25, -0.2) is 4.68 Å². The summed E-state index contributed by atoms with van der Waals surface area (Å²) in [5, 5.41) is 11.1. The number of fused-ring (bicyclic) bond motifs is 1. The van der Waals surface area contributed by atoms with Crippen molar-refractivity contribution in [2.45, 2.75) is 6.04 Å². The summed E-state index contributed by atoms with van der Waals surface area (Å²) in [7, 11) is 0. The molecule has 3 heterocycles. The van der Waals surface area contributed by atoms with Gasteiger partial charge in [0.25, 0.3) is 11.8 Å². The van der Waals surface area contributed by atoms with Crippen molar-refractivity contribution in [3.8, 4) is 5.69 Å². The summed E-state index contributed by atoms with van der Waals surface area (Å²) >= 11 is 1.33. The molecule has 0 radical (unpaired) electrons. The van der Waals surface area contributed by atoms with Gasteiger partial charge < -0.3 is 10.2 Å². The van der Waals surface area contributed by atoms with Gasteiger partial charge >= 0.3 is 0 Å². The molecule has 0 spiro atoms. The van der Waals surface area contributed by atoms with E-state index in [1.165, 1.54) is 11.3 Å². The fraction of sp³-hybridized carbons (Fsp3) is 0.278. The van der Waals surface area contributed by atoms with Gasteiger partial charge in [0.2, 0.25) is 0 Å². The molecular formula is C18H16N6O2S. The molecule has 3 aromatic rings. The largest absolute Gasteiger partial charge is 0.348 e. The number of aromatic nitrogens is 4. The number of hydrogen-bond acceptors (Lipinski definition) is 6. The van der Waals surface area contributed by atoms with Crippen molar-refractivity contribution >= 4 is 23.2 Å². The molecular weight excluding hydrogens is 364 g/mol. The smallest absolute Gasteiger partial charge is 0.276 e. The van der Waals surface area contributed by atoms with Gasteiger partial charge in [-0.1, -0.05) is 23.4 Å². The number of para-hydroxylation sites is 1. The Kier molecular flexibility index (Phi) is 3.75. The molecule has 27 heavy (non-hydrogen) atoms. The number of amides is 2. The first-order chi connectivity index (χ1) is 13.2. The molecule has 2 amide bonds. The lowest BCUT2D eigenvalue weighted by atomic mass is 10.3. The SMILES string of the molecule is O=C(NC1[C@H]2CN(C(=O)c3cn(-c4ccccc4)nn3)C[C@@H]12)c1cncs1. The van der Waals surface area contributed by atoms with Crippen LogP contribution in [0.4, 0.5) is 0 Å². The van der Waals surface area contributed by atoms with Gasteiger partial charge in [0, 0.05) is 31.0 Å². The molecule has 2 aromatic heterocycles. The number of thiazole rings is 1. The molecule has 1 N–H and O–H groups in total. The average molecular weight is 380 g/mol. The molecule has 2 aliphatic rings. The minimum atomic E-state index is -0.114. The van der Waals surface area contributed by atoms with Gasteiger partial charge in [0.05, 0.1) is 23.6 Å². The Morgan fingerprint density at radius 2 is 1.93 bits per heavy atom. The molecule has 1 aliphatic heterocycles. The van der Waals surface area contributed by atoms with E-state index in [-0.39, 0.29) is 17.9 Å². The van der Waals surface area contributed by atoms with E-state index in [2.05, 4.69) is 20.6 Å². The van der Waals surface area contributed by atoms with Crippen molar-refractivity contribution in [2.24, 2.45) is 11.8 Å². The molecule has 1 aliphatic carbocycles. The second kappa shape index (κ2) is 6.27. The third-order valence-electron chi connectivity index (χ3n) is 5.17. The zero-order chi connectivity index (χ0) is 18.4. The van der Waals surface area contributed by atoms with Crippen molar-refractivity contribution in [3.05, 3.63) is 58.8 Å². The normalized spacial score (nSPS) is 23.1. The summed E-state index contributed by atoms with van der Waals surface area (Å²) in [6, 6.07) is 9.70. The van der Waals surface area contributed by atoms with E-state index in [9.17, 15) is 9.59 Å². The highest BCUT2D eigenvalue weighted by Gasteiger charge is 2.57. The van der Waals surface area contributed by atoms with Crippen LogP contribution >= 0.6 is 11.3 Å². The Labute approximate surface area is 158 Å². The maximum absolute atomic E-state index is 12.7. The van der Waals surface area contributed by atoms with E-state index in [0.717, 1.165) is 5.69 Å². The highest BCUT2D eigenvalue weighted by Crippen LogP contribution is 2.45. The third kappa shape index (κ3) is 2.89. The van der Waals surface area contributed by atoms with Crippen molar-refractivity contribution in [1.82, 2.24) is 30.2 Å². The van der Waals surface area contributed by atoms with Crippen molar-refractivity contribution in [2.75, 3.05) is 13.1 Å². The van der Waals surface area contributed by atoms with E-state index in [4.69, 9.17) is 0 Å². The van der Waals surface area contributed by atoms with Crippen molar-refractivity contribution < 1.29 is 9.59 Å². The molecule has 1 saturated heterocycles. The molecule has 9 heteroatoms. The number of carbonyl (C=O) groups excluding carboxylic acids is 2. The van der Waals surface area contributed by atoms with Crippen LogP contribution in [-0.2, 0) is 0 Å². The summed E-state index contributed by atoms with van der Waals surface area (Å²) in [6.07, 6.45) is 3.23. The van der Waals surface area contributed by atoms with Gasteiger partial charge in [-0.2, -0.15) is 0 Å². The Morgan fingerprint density at radius 3 is 2.63 bits per heavy atom. The maximum atomic E-state index is 12.7. The van der Waals surface area contributed by atoms with E-state index in [1.54, 1.807) is 27.5 Å². The molecule has 2 fully saturated rings. The first-order valence-electron chi connectivity index (χ1n) is 8.67. The molecule has 1 unspecified atom stereocenters. The van der Waals surface area contributed by atoms with Crippen LogP contribution in [0.1, 0.15) is 20.2 Å². The zero-order valence-corrected chi connectivity index (χ0v) is 15.0. The Balaban J connectivity index is 1.20. The summed E-state index contributed by atoms with van der Waals surface area (Å²) in [6.45, 7) is 1.27. The van der Waals surface area contributed by atoms with Crippen LogP contribution in [0.15, 0.2) is 48.2 Å². The van der Waals surface area contributed by atoms with Gasteiger partial charge in [-0.3, -0.25) is 14.6 Å². The summed E-state index contributed by atoms with van der Waals surface area (Å²) < 4.78 is 1.60. The van der Waals surface area contributed by atoms with E-state index < -0.39 is 0 Å². The van der Waals surface area contributed by atoms with Crippen molar-refractivity contribution in [1.29, 1.82) is 0 Å². The minimum Gasteiger partial charge on any atom is -0.348 e. The van der Waals surface area contributed by atoms with Gasteiger partial charge in [-0.05, 0) is 12.1 Å². The first-order valence-corrected chi connectivity index (χ1v) is 9.55. The third-order valence-corrected chi connectivity index (χ3v) is 5.94. The number of nitrogens with one attached hydrogen (secondary N) is 1. The number of rotatable bonds is 4. The van der Waals surface area contributed by atoms with Crippen LogP contribution in [0.2, 0.25) is 0 Å². The second-order valence-corrected chi connectivity index (χ2v) is 7.67. The van der Waals surface area contributed by atoms with Crippen LogP contribution in [0.3, 0.4) is 0 Å². The molecule has 136 valence electrons. The van der Waals surface area contributed by atoms with Gasteiger partial charge in [0.15, 0.2) is 5.69 Å². The number of piperidine rings is 1. The van der Waals surface area contributed by atoms with Crippen LogP contribution in [0.5, 0.6) is 0 Å². The molecule has 8 nitrogen and oxygen atoms in total. The summed E-state index contributed by atoms with van der Waals surface area (Å²) in [5.74, 6) is 0.433. The Hall–Kier alpha value is -3.07. The predicted octanol–water partition coefficient (Wildman–Crippen LogP) is 1.22. The zero-order valence-electron chi connectivity index (χ0n) is 14.2. The number of carbonyl (C=O) groups is 2. The van der Waals surface area contributed by atoms with Crippen LogP contribution in [0, 0.1) is 11.8 Å². The minimum absolute atomic E-state index is 0.0828. The van der Waals surface area contributed by atoms with Crippen LogP contribution in [-0.4, -0.2) is 55.8 Å². The highest BCUT2D eigenvalue weighted by atomic mass is 32.1. The van der Waals surface area contributed by atoms with Crippen LogP contribution in [0.25, 0.3) is 5.69 Å². The maximum Gasteiger partial charge on any atom is 0.276 e. The number of nitrogens with zero attached hydrogens (tertiary/aromatic N) is 5. The topological polar surface area (TPSA) is 93.0 Å². The lowest BCUT2D eigenvalue weighted by molar-refractivity contribution is 0.0763.